The summed E-state index contributed by atoms with van der Waals surface area (Å²) in [5, 5.41) is 13.4. The van der Waals surface area contributed by atoms with Crippen molar-refractivity contribution < 1.29 is 9.52 Å². The zero-order chi connectivity index (χ0) is 13.8. The lowest BCUT2D eigenvalue weighted by atomic mass is 10.2. The molecular formula is C14H15Cl2NO2. The van der Waals surface area contributed by atoms with E-state index in [9.17, 15) is 0 Å². The van der Waals surface area contributed by atoms with Crippen molar-refractivity contribution >= 4 is 23.2 Å². The Morgan fingerprint density at radius 1 is 1.26 bits per heavy atom. The van der Waals surface area contributed by atoms with E-state index in [-0.39, 0.29) is 6.10 Å². The number of hydrogen-bond donors (Lipinski definition) is 2. The Balaban J connectivity index is 2.08. The molecule has 1 heterocycles. The van der Waals surface area contributed by atoms with Crippen LogP contribution in [0.25, 0.3) is 11.3 Å². The highest BCUT2D eigenvalue weighted by molar-refractivity contribution is 6.36. The van der Waals surface area contributed by atoms with Crippen molar-refractivity contribution in [3.63, 3.8) is 0 Å². The van der Waals surface area contributed by atoms with Crippen molar-refractivity contribution in [2.24, 2.45) is 0 Å². The quantitative estimate of drug-likeness (QED) is 0.884. The van der Waals surface area contributed by atoms with Gasteiger partial charge in [-0.25, -0.2) is 0 Å². The average molecular weight is 300 g/mol. The Morgan fingerprint density at radius 2 is 2.05 bits per heavy atom. The predicted molar refractivity (Wildman–Crippen MR) is 77.6 cm³/mol. The van der Waals surface area contributed by atoms with Crippen LogP contribution < -0.4 is 5.32 Å². The number of rotatable bonds is 5. The minimum absolute atomic E-state index is 0.375. The van der Waals surface area contributed by atoms with Gasteiger partial charge in [0.25, 0.3) is 0 Å². The van der Waals surface area contributed by atoms with Crippen LogP contribution in [0.5, 0.6) is 0 Å². The molecule has 1 aromatic carbocycles. The van der Waals surface area contributed by atoms with E-state index in [1.54, 1.807) is 19.1 Å². The van der Waals surface area contributed by atoms with E-state index in [1.807, 2.05) is 18.2 Å². The normalized spacial score (nSPS) is 12.6. The largest absolute Gasteiger partial charge is 0.460 e. The van der Waals surface area contributed by atoms with Crippen LogP contribution in [0.3, 0.4) is 0 Å². The zero-order valence-electron chi connectivity index (χ0n) is 10.5. The number of aliphatic hydroxyl groups excluding tert-OH is 1. The number of furan rings is 1. The van der Waals surface area contributed by atoms with Crippen LogP contribution in [0.2, 0.25) is 10.0 Å². The van der Waals surface area contributed by atoms with Gasteiger partial charge in [-0.05, 0) is 37.3 Å². The molecule has 0 aliphatic heterocycles. The van der Waals surface area contributed by atoms with Crippen LogP contribution in [0.15, 0.2) is 34.7 Å². The molecule has 0 bridgehead atoms. The third-order valence-corrected chi connectivity index (χ3v) is 3.15. The van der Waals surface area contributed by atoms with E-state index in [4.69, 9.17) is 32.7 Å². The summed E-state index contributed by atoms with van der Waals surface area (Å²) >= 11 is 12.0. The SMILES string of the molecule is CC(O)CNCc1ccc(-c2ccc(Cl)cc2Cl)o1. The maximum atomic E-state index is 9.15. The van der Waals surface area contributed by atoms with Gasteiger partial charge in [-0.1, -0.05) is 23.2 Å². The van der Waals surface area contributed by atoms with Gasteiger partial charge in [-0.2, -0.15) is 0 Å². The average Bonchev–Trinajstić information content (AvgIpc) is 2.77. The molecule has 2 N–H and O–H groups in total. The molecule has 0 aliphatic carbocycles. The fraction of sp³-hybridized carbons (Fsp3) is 0.286. The minimum Gasteiger partial charge on any atom is -0.460 e. The van der Waals surface area contributed by atoms with Gasteiger partial charge >= 0.3 is 0 Å². The standard InChI is InChI=1S/C14H15Cl2NO2/c1-9(18)7-17-8-11-3-5-14(19-11)12-4-2-10(15)6-13(12)16/h2-6,9,17-18H,7-8H2,1H3. The molecule has 1 atom stereocenters. The first kappa shape index (κ1) is 14.4. The van der Waals surface area contributed by atoms with Crippen LogP contribution in [-0.4, -0.2) is 17.8 Å². The molecule has 0 spiro atoms. The fourth-order valence-electron chi connectivity index (χ4n) is 1.71. The van der Waals surface area contributed by atoms with Crippen LogP contribution >= 0.6 is 23.2 Å². The summed E-state index contributed by atoms with van der Waals surface area (Å²) in [4.78, 5) is 0. The number of aliphatic hydroxyl groups is 1. The van der Waals surface area contributed by atoms with Crippen molar-refractivity contribution in [3.8, 4) is 11.3 Å². The third kappa shape index (κ3) is 3.98. The summed E-state index contributed by atoms with van der Waals surface area (Å²) in [7, 11) is 0. The van der Waals surface area contributed by atoms with Gasteiger partial charge < -0.3 is 14.8 Å². The highest BCUT2D eigenvalue weighted by Gasteiger charge is 2.09. The van der Waals surface area contributed by atoms with E-state index in [1.165, 1.54) is 0 Å². The summed E-state index contributed by atoms with van der Waals surface area (Å²) in [6, 6.07) is 9.04. The first-order valence-electron chi connectivity index (χ1n) is 5.99. The summed E-state index contributed by atoms with van der Waals surface area (Å²) in [6.07, 6.45) is -0.375. The topological polar surface area (TPSA) is 45.4 Å². The van der Waals surface area contributed by atoms with Crippen molar-refractivity contribution in [1.29, 1.82) is 0 Å². The maximum Gasteiger partial charge on any atom is 0.135 e. The smallest absolute Gasteiger partial charge is 0.135 e. The monoisotopic (exact) mass is 299 g/mol. The molecule has 19 heavy (non-hydrogen) atoms. The van der Waals surface area contributed by atoms with Gasteiger partial charge in [0.1, 0.15) is 11.5 Å². The summed E-state index contributed by atoms with van der Waals surface area (Å²) in [5.74, 6) is 1.50. The first-order chi connectivity index (χ1) is 9.06. The Kier molecular flexibility index (Phi) is 4.88. The van der Waals surface area contributed by atoms with Gasteiger partial charge in [-0.15, -0.1) is 0 Å². The zero-order valence-corrected chi connectivity index (χ0v) is 12.0. The lowest BCUT2D eigenvalue weighted by Crippen LogP contribution is -2.23. The molecule has 0 saturated carbocycles. The molecule has 5 heteroatoms. The molecule has 102 valence electrons. The van der Waals surface area contributed by atoms with Crippen molar-refractivity contribution in [2.45, 2.75) is 19.6 Å². The van der Waals surface area contributed by atoms with Crippen LogP contribution in [0.1, 0.15) is 12.7 Å². The van der Waals surface area contributed by atoms with Crippen LogP contribution in [0, 0.1) is 0 Å². The van der Waals surface area contributed by atoms with Gasteiger partial charge in [0.2, 0.25) is 0 Å². The second kappa shape index (κ2) is 6.44. The Morgan fingerprint density at radius 3 is 2.74 bits per heavy atom. The summed E-state index contributed by atoms with van der Waals surface area (Å²) < 4.78 is 5.70. The van der Waals surface area contributed by atoms with E-state index >= 15 is 0 Å². The van der Waals surface area contributed by atoms with E-state index < -0.39 is 0 Å². The minimum atomic E-state index is -0.375. The van der Waals surface area contributed by atoms with Crippen molar-refractivity contribution in [3.05, 3.63) is 46.1 Å². The van der Waals surface area contributed by atoms with E-state index in [0.717, 1.165) is 11.3 Å². The molecule has 1 aromatic heterocycles. The number of halogens is 2. The highest BCUT2D eigenvalue weighted by atomic mass is 35.5. The number of benzene rings is 1. The van der Waals surface area contributed by atoms with E-state index in [0.29, 0.717) is 28.9 Å². The highest BCUT2D eigenvalue weighted by Crippen LogP contribution is 2.31. The fourth-order valence-corrected chi connectivity index (χ4v) is 2.21. The second-order valence-corrected chi connectivity index (χ2v) is 5.21. The number of hydrogen-bond acceptors (Lipinski definition) is 3. The Hall–Kier alpha value is -1.00. The maximum absolute atomic E-state index is 9.15. The Labute approximate surface area is 122 Å². The lowest BCUT2D eigenvalue weighted by molar-refractivity contribution is 0.190. The molecular weight excluding hydrogens is 285 g/mol. The van der Waals surface area contributed by atoms with Crippen molar-refractivity contribution in [2.75, 3.05) is 6.54 Å². The Bertz CT molecular complexity index is 552. The molecule has 3 nitrogen and oxygen atoms in total. The van der Waals surface area contributed by atoms with Gasteiger partial charge in [-0.3, -0.25) is 0 Å². The summed E-state index contributed by atoms with van der Waals surface area (Å²) in [5.41, 5.74) is 0.813. The molecule has 0 fully saturated rings. The molecule has 1 unspecified atom stereocenters. The van der Waals surface area contributed by atoms with Gasteiger partial charge in [0.05, 0.1) is 17.7 Å². The third-order valence-electron chi connectivity index (χ3n) is 2.60. The van der Waals surface area contributed by atoms with Gasteiger partial charge in [0, 0.05) is 17.1 Å². The van der Waals surface area contributed by atoms with Crippen LogP contribution in [0.4, 0.5) is 0 Å². The molecule has 2 rings (SSSR count). The molecule has 0 radical (unpaired) electrons. The second-order valence-electron chi connectivity index (χ2n) is 4.37. The molecule has 2 aromatic rings. The van der Waals surface area contributed by atoms with Crippen molar-refractivity contribution in [1.82, 2.24) is 5.32 Å². The molecule has 0 aliphatic rings. The van der Waals surface area contributed by atoms with Crippen LogP contribution in [-0.2, 0) is 6.54 Å². The predicted octanol–water partition coefficient (Wildman–Crippen LogP) is 3.72. The molecule has 0 amide bonds. The summed E-state index contributed by atoms with van der Waals surface area (Å²) in [6.45, 7) is 2.82. The van der Waals surface area contributed by atoms with Gasteiger partial charge in [0.15, 0.2) is 0 Å². The van der Waals surface area contributed by atoms with E-state index in [2.05, 4.69) is 5.32 Å². The lowest BCUT2D eigenvalue weighted by Gasteiger charge is -2.05. The first-order valence-corrected chi connectivity index (χ1v) is 6.75. The molecule has 0 saturated heterocycles. The number of nitrogens with one attached hydrogen (secondary N) is 1.